The monoisotopic (exact) mass is 461 g/mol. The van der Waals surface area contributed by atoms with Crippen molar-refractivity contribution in [2.75, 3.05) is 0 Å². The van der Waals surface area contributed by atoms with Gasteiger partial charge in [0.1, 0.15) is 11.4 Å². The molecule has 0 saturated carbocycles. The zero-order valence-corrected chi connectivity index (χ0v) is 17.7. The van der Waals surface area contributed by atoms with Gasteiger partial charge in [0.25, 0.3) is 11.6 Å². The number of hydrogen-bond donors (Lipinski definition) is 1. The Bertz CT molecular complexity index is 1250. The van der Waals surface area contributed by atoms with Gasteiger partial charge >= 0.3 is 12.1 Å². The van der Waals surface area contributed by atoms with Gasteiger partial charge in [0.15, 0.2) is 0 Å². The van der Waals surface area contributed by atoms with Crippen LogP contribution in [0.15, 0.2) is 42.1 Å². The number of halogens is 3. The quantitative estimate of drug-likeness (QED) is 0.548. The summed E-state index contributed by atoms with van der Waals surface area (Å²) in [5, 5.41) is 13.4. The summed E-state index contributed by atoms with van der Waals surface area (Å²) >= 11 is 0. The van der Waals surface area contributed by atoms with Gasteiger partial charge in [0, 0.05) is 17.2 Å². The van der Waals surface area contributed by atoms with Gasteiger partial charge in [-0.15, -0.1) is 0 Å². The molecule has 4 rings (SSSR count). The van der Waals surface area contributed by atoms with Crippen molar-refractivity contribution in [1.82, 2.24) is 10.2 Å². The molecule has 0 aromatic heterocycles. The topological polar surface area (TPSA) is 102 Å². The normalized spacial score (nSPS) is 16.8. The fourth-order valence-corrected chi connectivity index (χ4v) is 4.09. The molecule has 0 atom stereocenters. The molecule has 0 bridgehead atoms. The maximum atomic E-state index is 13.3. The third-order valence-electron chi connectivity index (χ3n) is 5.62. The molecule has 172 valence electrons. The van der Waals surface area contributed by atoms with Crippen LogP contribution in [0.3, 0.4) is 0 Å². The Labute approximate surface area is 185 Å². The molecule has 0 radical (unpaired) electrons. The lowest BCUT2D eigenvalue weighted by Crippen LogP contribution is -2.49. The lowest BCUT2D eigenvalue weighted by molar-refractivity contribution is -0.385. The van der Waals surface area contributed by atoms with Crippen LogP contribution in [0, 0.1) is 17.0 Å². The van der Waals surface area contributed by atoms with Crippen molar-refractivity contribution in [2.45, 2.75) is 39.1 Å². The van der Waals surface area contributed by atoms with Crippen LogP contribution in [0.25, 0.3) is 5.70 Å². The number of hydrogen-bond acceptors (Lipinski definition) is 5. The molecular formula is C22H18F3N3O5. The molecule has 0 spiro atoms. The van der Waals surface area contributed by atoms with E-state index in [1.54, 1.807) is 24.3 Å². The maximum Gasteiger partial charge on any atom is 0.471 e. The number of alkyl halides is 3. The number of nitro groups is 1. The first-order valence-electron chi connectivity index (χ1n) is 9.83. The van der Waals surface area contributed by atoms with Crippen molar-refractivity contribution in [3.63, 3.8) is 0 Å². The highest BCUT2D eigenvalue weighted by molar-refractivity contribution is 6.05. The van der Waals surface area contributed by atoms with Crippen LogP contribution in [0.2, 0.25) is 0 Å². The van der Waals surface area contributed by atoms with Crippen LogP contribution < -0.4 is 10.1 Å². The molecule has 2 heterocycles. The van der Waals surface area contributed by atoms with Gasteiger partial charge in [0.05, 0.1) is 28.4 Å². The summed E-state index contributed by atoms with van der Waals surface area (Å²) in [6, 6.07) is 9.21. The zero-order chi connectivity index (χ0) is 24.3. The van der Waals surface area contributed by atoms with Crippen LogP contribution in [0.5, 0.6) is 5.75 Å². The molecule has 33 heavy (non-hydrogen) atoms. The van der Waals surface area contributed by atoms with E-state index < -0.39 is 28.5 Å². The lowest BCUT2D eigenvalue weighted by Gasteiger charge is -2.39. The maximum absolute atomic E-state index is 13.3. The van der Waals surface area contributed by atoms with E-state index in [2.05, 4.69) is 0 Å². The summed E-state index contributed by atoms with van der Waals surface area (Å²) in [4.78, 5) is 37.3. The van der Waals surface area contributed by atoms with Gasteiger partial charge in [0.2, 0.25) is 0 Å². The standard InChI is InChI=1S/C22H18F3N3O5/c1-11-14(28(31)32)8-9-15-16(11)17(27-10-12-6-4-5-7-13(12)19(27)29)18(21(2,3)33-15)26-20(30)22(23,24)25/h4-9H,10H2,1-3H3,(H,26,30). The van der Waals surface area contributed by atoms with Gasteiger partial charge in [-0.05, 0) is 38.5 Å². The van der Waals surface area contributed by atoms with Crippen LogP contribution in [-0.4, -0.2) is 33.4 Å². The summed E-state index contributed by atoms with van der Waals surface area (Å²) in [6.45, 7) is 4.29. The molecule has 8 nitrogen and oxygen atoms in total. The highest BCUT2D eigenvalue weighted by Crippen LogP contribution is 2.47. The smallest absolute Gasteiger partial charge is 0.471 e. The molecule has 11 heteroatoms. The molecule has 2 amide bonds. The van der Waals surface area contributed by atoms with Crippen LogP contribution in [0.4, 0.5) is 18.9 Å². The summed E-state index contributed by atoms with van der Waals surface area (Å²) in [5.41, 5.74) is -1.05. The van der Waals surface area contributed by atoms with E-state index in [0.29, 0.717) is 11.1 Å². The highest BCUT2D eigenvalue weighted by atomic mass is 19.4. The van der Waals surface area contributed by atoms with Crippen molar-refractivity contribution < 1.29 is 32.4 Å². The van der Waals surface area contributed by atoms with Crippen LogP contribution in [0.1, 0.15) is 40.9 Å². The first-order chi connectivity index (χ1) is 15.3. The first kappa shape index (κ1) is 22.3. The van der Waals surface area contributed by atoms with Gasteiger partial charge in [-0.1, -0.05) is 18.2 Å². The van der Waals surface area contributed by atoms with Crippen molar-refractivity contribution in [3.05, 3.63) is 74.5 Å². The average molecular weight is 461 g/mol. The van der Waals surface area contributed by atoms with E-state index >= 15 is 0 Å². The molecule has 0 unspecified atom stereocenters. The van der Waals surface area contributed by atoms with Gasteiger partial charge < -0.3 is 15.0 Å². The molecule has 2 aliphatic rings. The van der Waals surface area contributed by atoms with E-state index in [4.69, 9.17) is 4.74 Å². The van der Waals surface area contributed by atoms with Gasteiger partial charge in [-0.2, -0.15) is 13.2 Å². The third kappa shape index (κ3) is 3.59. The summed E-state index contributed by atoms with van der Waals surface area (Å²) in [5.74, 6) is -2.61. The second-order valence-corrected chi connectivity index (χ2v) is 8.18. The Morgan fingerprint density at radius 3 is 2.48 bits per heavy atom. The predicted octanol–water partition coefficient (Wildman–Crippen LogP) is 4.08. The zero-order valence-electron chi connectivity index (χ0n) is 17.7. The largest absolute Gasteiger partial charge is 0.481 e. The number of amides is 2. The Hall–Kier alpha value is -3.89. The van der Waals surface area contributed by atoms with E-state index in [0.717, 1.165) is 0 Å². The Morgan fingerprint density at radius 2 is 1.88 bits per heavy atom. The van der Waals surface area contributed by atoms with Gasteiger partial charge in [-0.3, -0.25) is 19.7 Å². The molecular weight excluding hydrogens is 443 g/mol. The predicted molar refractivity (Wildman–Crippen MR) is 110 cm³/mol. The van der Waals surface area contributed by atoms with Crippen molar-refractivity contribution in [1.29, 1.82) is 0 Å². The molecule has 0 fully saturated rings. The van der Waals surface area contributed by atoms with Gasteiger partial charge in [-0.25, -0.2) is 0 Å². The second-order valence-electron chi connectivity index (χ2n) is 8.18. The number of carbonyl (C=O) groups is 2. The summed E-state index contributed by atoms with van der Waals surface area (Å²) in [7, 11) is 0. The second kappa shape index (κ2) is 7.32. The molecule has 2 aliphatic heterocycles. The summed E-state index contributed by atoms with van der Waals surface area (Å²) in [6.07, 6.45) is -5.20. The van der Waals surface area contributed by atoms with E-state index in [9.17, 15) is 32.9 Å². The molecule has 0 aliphatic carbocycles. The number of benzene rings is 2. The first-order valence-corrected chi connectivity index (χ1v) is 9.83. The van der Waals surface area contributed by atoms with E-state index in [-0.39, 0.29) is 40.5 Å². The fraction of sp³-hybridized carbons (Fsp3) is 0.273. The number of fused-ring (bicyclic) bond motifs is 2. The Kier molecular flexibility index (Phi) is 4.95. The minimum atomic E-state index is -5.20. The van der Waals surface area contributed by atoms with Crippen molar-refractivity contribution in [3.8, 4) is 5.75 Å². The Morgan fingerprint density at radius 1 is 1.21 bits per heavy atom. The number of carbonyl (C=O) groups excluding carboxylic acids is 2. The number of nitro benzene ring substituents is 1. The third-order valence-corrected chi connectivity index (χ3v) is 5.62. The SMILES string of the molecule is Cc1c([N+](=O)[O-])ccc2c1C(N1Cc3ccccc3C1=O)=C(NC(=O)C(F)(F)F)C(C)(C)O2. The van der Waals surface area contributed by atoms with Crippen molar-refractivity contribution >= 4 is 23.2 Å². The number of nitrogens with zero attached hydrogens (tertiary/aromatic N) is 2. The summed E-state index contributed by atoms with van der Waals surface area (Å²) < 4.78 is 45.3. The fourth-order valence-electron chi connectivity index (χ4n) is 4.09. The lowest BCUT2D eigenvalue weighted by atomic mass is 9.90. The molecule has 2 aromatic carbocycles. The molecule has 0 saturated heterocycles. The molecule has 1 N–H and O–H groups in total. The number of rotatable bonds is 3. The van der Waals surface area contributed by atoms with Crippen LogP contribution >= 0.6 is 0 Å². The minimum Gasteiger partial charge on any atom is -0.481 e. The minimum absolute atomic E-state index is 0.00732. The average Bonchev–Trinajstić information content (AvgIpc) is 3.04. The molecule has 2 aromatic rings. The van der Waals surface area contributed by atoms with Crippen molar-refractivity contribution in [2.24, 2.45) is 0 Å². The Balaban J connectivity index is 2.01. The van der Waals surface area contributed by atoms with Crippen LogP contribution in [-0.2, 0) is 11.3 Å². The van der Waals surface area contributed by atoms with E-state index in [1.165, 1.54) is 37.8 Å². The number of ether oxygens (including phenoxy) is 1. The number of nitrogens with one attached hydrogen (secondary N) is 1. The van der Waals surface area contributed by atoms with E-state index in [1.807, 2.05) is 5.32 Å². The highest BCUT2D eigenvalue weighted by Gasteiger charge is 2.47.